The van der Waals surface area contributed by atoms with E-state index in [2.05, 4.69) is 44.0 Å². The number of rotatable bonds is 4. The first-order valence-corrected chi connectivity index (χ1v) is 10.0. The molecule has 0 spiro atoms. The van der Waals surface area contributed by atoms with Crippen molar-refractivity contribution in [2.75, 3.05) is 0 Å². The largest absolute Gasteiger partial charge is 0.293 e. The van der Waals surface area contributed by atoms with Crippen LogP contribution in [0.15, 0.2) is 53.5 Å². The molecule has 4 aromatic rings. The van der Waals surface area contributed by atoms with E-state index in [1.165, 1.54) is 10.2 Å². The van der Waals surface area contributed by atoms with Crippen molar-refractivity contribution < 1.29 is 0 Å². The summed E-state index contributed by atoms with van der Waals surface area (Å²) in [5.41, 5.74) is 5.40. The number of halogens is 1. The summed E-state index contributed by atoms with van der Waals surface area (Å²) in [5.74, 6) is 0.154. The van der Waals surface area contributed by atoms with Crippen molar-refractivity contribution in [1.82, 2.24) is 19.6 Å². The highest BCUT2D eigenvalue weighted by molar-refractivity contribution is 6.30. The van der Waals surface area contributed by atoms with Gasteiger partial charge in [-0.15, -0.1) is 0 Å². The van der Waals surface area contributed by atoms with Crippen LogP contribution in [-0.2, 0) is 6.54 Å². The fraction of sp³-hybridized carbons (Fsp3) is 0.261. The molecule has 148 valence electrons. The van der Waals surface area contributed by atoms with Gasteiger partial charge < -0.3 is 0 Å². The maximum Gasteiger partial charge on any atom is 0.293 e. The minimum Gasteiger partial charge on any atom is -0.265 e. The van der Waals surface area contributed by atoms with Crippen molar-refractivity contribution in [2.45, 2.75) is 40.2 Å². The Kier molecular flexibility index (Phi) is 5.01. The molecule has 2 aromatic carbocycles. The van der Waals surface area contributed by atoms with E-state index in [0.717, 1.165) is 27.9 Å². The highest BCUT2D eigenvalue weighted by Crippen LogP contribution is 2.24. The highest BCUT2D eigenvalue weighted by atomic mass is 35.5. The van der Waals surface area contributed by atoms with Gasteiger partial charge in [0.15, 0.2) is 0 Å². The van der Waals surface area contributed by atoms with Crippen molar-refractivity contribution in [1.29, 1.82) is 0 Å². The quantitative estimate of drug-likeness (QED) is 0.478. The average molecular weight is 407 g/mol. The number of aryl methyl sites for hydroxylation is 2. The van der Waals surface area contributed by atoms with Gasteiger partial charge in [0, 0.05) is 10.4 Å². The van der Waals surface area contributed by atoms with Crippen LogP contribution < -0.4 is 5.56 Å². The Morgan fingerprint density at radius 1 is 1.07 bits per heavy atom. The normalized spacial score (nSPS) is 11.5. The van der Waals surface area contributed by atoms with Crippen LogP contribution in [0, 0.1) is 13.8 Å². The maximum atomic E-state index is 13.4. The number of nitrogens with zero attached hydrogens (tertiary/aromatic N) is 4. The molecule has 0 aliphatic heterocycles. The molecule has 0 radical (unpaired) electrons. The summed E-state index contributed by atoms with van der Waals surface area (Å²) < 4.78 is 3.24. The number of hydrogen-bond acceptors (Lipinski definition) is 3. The third kappa shape index (κ3) is 3.58. The Labute approximate surface area is 174 Å². The highest BCUT2D eigenvalue weighted by Gasteiger charge is 2.19. The summed E-state index contributed by atoms with van der Waals surface area (Å²) in [4.78, 5) is 13.4. The first kappa shape index (κ1) is 19.4. The monoisotopic (exact) mass is 406 g/mol. The zero-order valence-electron chi connectivity index (χ0n) is 17.0. The Hall–Kier alpha value is -2.92. The van der Waals surface area contributed by atoms with Crippen molar-refractivity contribution >= 4 is 22.5 Å². The van der Waals surface area contributed by atoms with Gasteiger partial charge in [-0.05, 0) is 60.7 Å². The van der Waals surface area contributed by atoms with E-state index < -0.39 is 0 Å². The van der Waals surface area contributed by atoms with E-state index in [4.69, 9.17) is 11.6 Å². The number of benzene rings is 2. The molecule has 0 fully saturated rings. The minimum absolute atomic E-state index is 0.154. The first-order chi connectivity index (χ1) is 13.8. The molecule has 0 bridgehead atoms. The molecule has 0 N–H and O–H groups in total. The third-order valence-corrected chi connectivity index (χ3v) is 5.45. The van der Waals surface area contributed by atoms with Gasteiger partial charge in [-0.3, -0.25) is 4.79 Å². The van der Waals surface area contributed by atoms with Gasteiger partial charge in [-0.1, -0.05) is 43.6 Å². The fourth-order valence-corrected chi connectivity index (χ4v) is 3.70. The molecule has 0 aliphatic rings. The van der Waals surface area contributed by atoms with Crippen LogP contribution in [0.4, 0.5) is 0 Å². The summed E-state index contributed by atoms with van der Waals surface area (Å²) in [6, 6.07) is 13.6. The topological polar surface area (TPSA) is 52.7 Å². The predicted molar refractivity (Wildman–Crippen MR) is 117 cm³/mol. The molecule has 4 rings (SSSR count). The molecule has 6 heteroatoms. The lowest BCUT2D eigenvalue weighted by Crippen LogP contribution is -2.27. The molecule has 0 aliphatic carbocycles. The molecule has 0 atom stereocenters. The molecule has 2 heterocycles. The zero-order chi connectivity index (χ0) is 20.7. The molecule has 29 heavy (non-hydrogen) atoms. The van der Waals surface area contributed by atoms with Gasteiger partial charge in [0.25, 0.3) is 5.56 Å². The van der Waals surface area contributed by atoms with E-state index in [9.17, 15) is 4.79 Å². The van der Waals surface area contributed by atoms with Gasteiger partial charge in [-0.25, -0.2) is 9.36 Å². The van der Waals surface area contributed by atoms with Crippen LogP contribution in [0.1, 0.15) is 42.1 Å². The lowest BCUT2D eigenvalue weighted by Gasteiger charge is -2.13. The minimum atomic E-state index is -0.167. The summed E-state index contributed by atoms with van der Waals surface area (Å²) in [7, 11) is 0. The van der Waals surface area contributed by atoms with Gasteiger partial charge >= 0.3 is 0 Å². The van der Waals surface area contributed by atoms with E-state index in [1.54, 1.807) is 10.9 Å². The summed E-state index contributed by atoms with van der Waals surface area (Å²) in [6.07, 6.45) is 1.75. The second-order valence-electron chi connectivity index (χ2n) is 7.72. The van der Waals surface area contributed by atoms with Gasteiger partial charge in [0.2, 0.25) is 0 Å². The molecule has 2 aromatic heterocycles. The fourth-order valence-electron chi connectivity index (χ4n) is 3.49. The summed E-state index contributed by atoms with van der Waals surface area (Å²) >= 11 is 6.12. The molecule has 5 nitrogen and oxygen atoms in total. The Bertz CT molecular complexity index is 1270. The molecule has 0 saturated heterocycles. The third-order valence-electron chi connectivity index (χ3n) is 5.21. The van der Waals surface area contributed by atoms with Crippen LogP contribution in [0.3, 0.4) is 0 Å². The van der Waals surface area contributed by atoms with Crippen LogP contribution in [0.5, 0.6) is 0 Å². The Morgan fingerprint density at radius 2 is 1.86 bits per heavy atom. The summed E-state index contributed by atoms with van der Waals surface area (Å²) in [5, 5.41) is 10.7. The summed E-state index contributed by atoms with van der Waals surface area (Å²) in [6.45, 7) is 8.63. The van der Waals surface area contributed by atoms with Crippen LogP contribution >= 0.6 is 11.6 Å². The molecule has 0 unspecified atom stereocenters. The van der Waals surface area contributed by atoms with Gasteiger partial charge in [0.05, 0.1) is 24.1 Å². The standard InChI is InChI=1S/C23H23ClN4O/c1-14(2)21-20-12-25-28(19-9-8-15(3)16(4)10-19)22(20)23(29)27(26-21)13-17-6-5-7-18(24)11-17/h5-12,14H,13H2,1-4H3. The van der Waals surface area contributed by atoms with Gasteiger partial charge in [0.1, 0.15) is 5.52 Å². The van der Waals surface area contributed by atoms with Crippen molar-refractivity contribution in [3.8, 4) is 5.69 Å². The zero-order valence-corrected chi connectivity index (χ0v) is 17.7. The van der Waals surface area contributed by atoms with Gasteiger partial charge in [-0.2, -0.15) is 10.2 Å². The number of fused-ring (bicyclic) bond motifs is 1. The van der Waals surface area contributed by atoms with Crippen LogP contribution in [0.2, 0.25) is 5.02 Å². The van der Waals surface area contributed by atoms with Crippen molar-refractivity contribution in [3.05, 3.63) is 86.4 Å². The van der Waals surface area contributed by atoms with Crippen molar-refractivity contribution in [2.24, 2.45) is 0 Å². The SMILES string of the molecule is Cc1ccc(-n2ncc3c(C(C)C)nn(Cc4cccc(Cl)c4)c(=O)c32)cc1C. The number of aromatic nitrogens is 4. The van der Waals surface area contributed by atoms with Crippen LogP contribution in [-0.4, -0.2) is 19.6 Å². The second-order valence-corrected chi connectivity index (χ2v) is 8.16. The lowest BCUT2D eigenvalue weighted by atomic mass is 10.1. The first-order valence-electron chi connectivity index (χ1n) is 9.66. The Balaban J connectivity index is 1.95. The predicted octanol–water partition coefficient (Wildman–Crippen LogP) is 5.02. The van der Waals surface area contributed by atoms with E-state index >= 15 is 0 Å². The molecule has 0 saturated carbocycles. The number of hydrogen-bond donors (Lipinski definition) is 0. The van der Waals surface area contributed by atoms with E-state index in [0.29, 0.717) is 17.1 Å². The Morgan fingerprint density at radius 3 is 2.55 bits per heavy atom. The van der Waals surface area contributed by atoms with Crippen molar-refractivity contribution in [3.63, 3.8) is 0 Å². The average Bonchev–Trinajstić information content (AvgIpc) is 3.11. The molecular formula is C23H23ClN4O. The second kappa shape index (κ2) is 7.48. The van der Waals surface area contributed by atoms with E-state index in [1.807, 2.05) is 36.4 Å². The van der Waals surface area contributed by atoms with E-state index in [-0.39, 0.29) is 11.5 Å². The maximum absolute atomic E-state index is 13.4. The van der Waals surface area contributed by atoms with Crippen LogP contribution in [0.25, 0.3) is 16.6 Å². The molecule has 0 amide bonds. The molecular weight excluding hydrogens is 384 g/mol. The lowest BCUT2D eigenvalue weighted by molar-refractivity contribution is 0.612. The smallest absolute Gasteiger partial charge is 0.265 e.